The summed E-state index contributed by atoms with van der Waals surface area (Å²) in [6.07, 6.45) is 8.55. The molecule has 5 rings (SSSR count). The van der Waals surface area contributed by atoms with Crippen LogP contribution >= 0.6 is 11.3 Å². The lowest BCUT2D eigenvalue weighted by Gasteiger charge is -2.40. The molecule has 1 amide bonds. The maximum Gasteiger partial charge on any atom is 0.228 e. The Balaban J connectivity index is 1.27. The molecule has 8 nitrogen and oxygen atoms in total. The zero-order valence-corrected chi connectivity index (χ0v) is 16.6. The third-order valence-electron chi connectivity index (χ3n) is 5.55. The van der Waals surface area contributed by atoms with Crippen LogP contribution in [0.15, 0.2) is 30.2 Å². The van der Waals surface area contributed by atoms with Crippen molar-refractivity contribution in [3.8, 4) is 0 Å². The Hall–Kier alpha value is -2.52. The van der Waals surface area contributed by atoms with Crippen molar-refractivity contribution in [1.82, 2.24) is 24.3 Å². The fraction of sp³-hybridized carbons (Fsp3) is 0.474. The summed E-state index contributed by atoms with van der Waals surface area (Å²) in [6, 6.07) is 0. The van der Waals surface area contributed by atoms with Crippen LogP contribution in [0.25, 0.3) is 4.96 Å². The maximum absolute atomic E-state index is 12.9. The summed E-state index contributed by atoms with van der Waals surface area (Å²) in [4.78, 5) is 31.3. The molecule has 2 saturated heterocycles. The number of rotatable bonds is 3. The Kier molecular flexibility index (Phi) is 4.28. The summed E-state index contributed by atoms with van der Waals surface area (Å²) >= 11 is 1.58. The normalized spacial score (nSPS) is 22.5. The van der Waals surface area contributed by atoms with Gasteiger partial charge in [-0.3, -0.25) is 14.2 Å². The molecule has 3 aromatic heterocycles. The summed E-state index contributed by atoms with van der Waals surface area (Å²) in [5.41, 5.74) is 1.41. The van der Waals surface area contributed by atoms with Gasteiger partial charge in [0.1, 0.15) is 11.4 Å². The lowest BCUT2D eigenvalue weighted by Crippen LogP contribution is -2.55. The quantitative estimate of drug-likeness (QED) is 0.666. The predicted octanol–water partition coefficient (Wildman–Crippen LogP) is 1.54. The number of carbonyl (C=O) groups is 1. The van der Waals surface area contributed by atoms with Crippen molar-refractivity contribution in [2.45, 2.75) is 25.4 Å². The molecule has 1 unspecified atom stereocenters. The number of morpholine rings is 1. The van der Waals surface area contributed by atoms with Gasteiger partial charge in [-0.2, -0.15) is 0 Å². The molecule has 0 saturated carbocycles. The Morgan fingerprint density at radius 2 is 2.18 bits per heavy atom. The Morgan fingerprint density at radius 1 is 1.29 bits per heavy atom. The van der Waals surface area contributed by atoms with Gasteiger partial charge in [-0.05, 0) is 13.3 Å². The van der Waals surface area contributed by atoms with Gasteiger partial charge in [-0.25, -0.2) is 9.97 Å². The van der Waals surface area contributed by atoms with Crippen molar-refractivity contribution < 1.29 is 9.53 Å². The van der Waals surface area contributed by atoms with Gasteiger partial charge in [0.25, 0.3) is 0 Å². The second-order valence-corrected chi connectivity index (χ2v) is 8.36. The van der Waals surface area contributed by atoms with Crippen LogP contribution in [0.3, 0.4) is 0 Å². The molecule has 5 heterocycles. The van der Waals surface area contributed by atoms with E-state index >= 15 is 0 Å². The van der Waals surface area contributed by atoms with Gasteiger partial charge < -0.3 is 14.5 Å². The van der Waals surface area contributed by atoms with Crippen molar-refractivity contribution >= 4 is 28.0 Å². The largest absolute Gasteiger partial charge is 0.369 e. The molecule has 2 aliphatic heterocycles. The van der Waals surface area contributed by atoms with E-state index in [2.05, 4.69) is 19.9 Å². The second kappa shape index (κ2) is 6.82. The number of aromatic nitrogens is 4. The number of ether oxygens (including phenoxy) is 1. The van der Waals surface area contributed by atoms with E-state index in [1.165, 1.54) is 0 Å². The SMILES string of the molecule is Cc1nccnc1N1CCC2(CN(C(=O)Cc3cn4ccsc4n3)CCO2)C1. The minimum Gasteiger partial charge on any atom is -0.369 e. The molecule has 0 radical (unpaired) electrons. The minimum absolute atomic E-state index is 0.113. The van der Waals surface area contributed by atoms with Crippen LogP contribution in [0, 0.1) is 6.92 Å². The van der Waals surface area contributed by atoms with E-state index in [9.17, 15) is 4.79 Å². The van der Waals surface area contributed by atoms with Crippen molar-refractivity contribution in [1.29, 1.82) is 0 Å². The highest BCUT2D eigenvalue weighted by Gasteiger charge is 2.44. The molecule has 9 heteroatoms. The molecule has 1 spiro atoms. The van der Waals surface area contributed by atoms with Gasteiger partial charge >= 0.3 is 0 Å². The highest BCUT2D eigenvalue weighted by atomic mass is 32.1. The molecular weight excluding hydrogens is 376 g/mol. The lowest BCUT2D eigenvalue weighted by atomic mass is 10.0. The van der Waals surface area contributed by atoms with Gasteiger partial charge in [-0.15, -0.1) is 11.3 Å². The zero-order chi connectivity index (χ0) is 19.1. The fourth-order valence-electron chi connectivity index (χ4n) is 4.17. The highest BCUT2D eigenvalue weighted by molar-refractivity contribution is 7.15. The van der Waals surface area contributed by atoms with Crippen molar-refractivity contribution in [2.24, 2.45) is 0 Å². The van der Waals surface area contributed by atoms with Crippen LogP contribution in [0.2, 0.25) is 0 Å². The van der Waals surface area contributed by atoms with Gasteiger partial charge in [0.2, 0.25) is 5.91 Å². The number of fused-ring (bicyclic) bond motifs is 1. The summed E-state index contributed by atoms with van der Waals surface area (Å²) in [7, 11) is 0. The van der Waals surface area contributed by atoms with E-state index in [4.69, 9.17) is 4.74 Å². The topological polar surface area (TPSA) is 75.9 Å². The molecule has 0 aromatic carbocycles. The predicted molar refractivity (Wildman–Crippen MR) is 106 cm³/mol. The van der Waals surface area contributed by atoms with Gasteiger partial charge in [0.15, 0.2) is 4.96 Å². The summed E-state index contributed by atoms with van der Waals surface area (Å²) in [5, 5.41) is 1.99. The first-order valence-electron chi connectivity index (χ1n) is 9.47. The molecule has 28 heavy (non-hydrogen) atoms. The van der Waals surface area contributed by atoms with Crippen LogP contribution in [0.5, 0.6) is 0 Å². The molecule has 2 aliphatic rings. The summed E-state index contributed by atoms with van der Waals surface area (Å²) in [6.45, 7) is 5.38. The van der Waals surface area contributed by atoms with Gasteiger partial charge in [0, 0.05) is 43.3 Å². The fourth-order valence-corrected chi connectivity index (χ4v) is 4.89. The number of anilines is 1. The van der Waals surface area contributed by atoms with E-state index < -0.39 is 0 Å². The first-order chi connectivity index (χ1) is 13.6. The minimum atomic E-state index is -0.327. The number of imidazole rings is 1. The average molecular weight is 398 g/mol. The molecule has 0 bridgehead atoms. The van der Waals surface area contributed by atoms with Crippen molar-refractivity contribution in [3.63, 3.8) is 0 Å². The van der Waals surface area contributed by atoms with Crippen molar-refractivity contribution in [2.75, 3.05) is 37.7 Å². The van der Waals surface area contributed by atoms with Crippen LogP contribution < -0.4 is 4.90 Å². The number of hydrogen-bond donors (Lipinski definition) is 0. The van der Waals surface area contributed by atoms with Crippen LogP contribution in [-0.2, 0) is 16.0 Å². The second-order valence-electron chi connectivity index (χ2n) is 7.49. The average Bonchev–Trinajstić information content (AvgIpc) is 3.38. The van der Waals surface area contributed by atoms with E-state index in [0.29, 0.717) is 26.1 Å². The number of thiazole rings is 1. The van der Waals surface area contributed by atoms with Crippen LogP contribution in [0.4, 0.5) is 5.82 Å². The van der Waals surface area contributed by atoms with E-state index in [1.54, 1.807) is 23.7 Å². The standard InChI is InChI=1S/C19H22N6O2S/c1-14-17(21-4-3-20-14)25-5-2-19(13-25)12-24(6-8-27-19)16(26)10-15-11-23-7-9-28-18(23)22-15/h3-4,7,9,11H,2,5-6,8,10,12-13H2,1H3. The molecule has 2 fully saturated rings. The monoisotopic (exact) mass is 398 g/mol. The summed E-state index contributed by atoms with van der Waals surface area (Å²) < 4.78 is 8.15. The van der Waals surface area contributed by atoms with E-state index in [0.717, 1.165) is 41.7 Å². The van der Waals surface area contributed by atoms with E-state index in [1.807, 2.05) is 34.0 Å². The van der Waals surface area contributed by atoms with Crippen LogP contribution in [0.1, 0.15) is 17.8 Å². The first-order valence-corrected chi connectivity index (χ1v) is 10.4. The molecule has 0 N–H and O–H groups in total. The van der Waals surface area contributed by atoms with Crippen LogP contribution in [-0.4, -0.2) is 68.5 Å². The molecule has 0 aliphatic carbocycles. The molecule has 3 aromatic rings. The zero-order valence-electron chi connectivity index (χ0n) is 15.7. The lowest BCUT2D eigenvalue weighted by molar-refractivity contribution is -0.147. The number of amides is 1. The molecule has 146 valence electrons. The first kappa shape index (κ1) is 17.6. The van der Waals surface area contributed by atoms with Gasteiger partial charge in [-0.1, -0.05) is 0 Å². The summed E-state index contributed by atoms with van der Waals surface area (Å²) in [5.74, 6) is 1.02. The number of nitrogens with zero attached hydrogens (tertiary/aromatic N) is 6. The Labute approximate surface area is 166 Å². The molecular formula is C19H22N6O2S. The number of hydrogen-bond acceptors (Lipinski definition) is 7. The highest BCUT2D eigenvalue weighted by Crippen LogP contribution is 2.32. The van der Waals surface area contributed by atoms with E-state index in [-0.39, 0.29) is 11.5 Å². The molecule has 1 atom stereocenters. The van der Waals surface area contributed by atoms with Crippen molar-refractivity contribution in [3.05, 3.63) is 41.6 Å². The third-order valence-corrected chi connectivity index (χ3v) is 6.32. The number of aryl methyl sites for hydroxylation is 1. The number of carbonyl (C=O) groups excluding carboxylic acids is 1. The Bertz CT molecular complexity index is 988. The maximum atomic E-state index is 12.9. The third kappa shape index (κ3) is 3.14. The Morgan fingerprint density at radius 3 is 3.04 bits per heavy atom. The smallest absolute Gasteiger partial charge is 0.228 e. The van der Waals surface area contributed by atoms with Gasteiger partial charge in [0.05, 0.1) is 37.5 Å².